The monoisotopic (exact) mass is 318 g/mol. The first kappa shape index (κ1) is 10.5. The van der Waals surface area contributed by atoms with Crippen LogP contribution in [0.1, 0.15) is 5.56 Å². The molecule has 0 radical (unpaired) electrons. The largest absolute Gasteiger partial charge is 0.326 e. The zero-order valence-corrected chi connectivity index (χ0v) is 9.85. The van der Waals surface area contributed by atoms with Crippen molar-refractivity contribution in [2.24, 2.45) is 5.73 Å². The summed E-state index contributed by atoms with van der Waals surface area (Å²) in [6.07, 6.45) is 4.86. The van der Waals surface area contributed by atoms with Gasteiger partial charge in [0.15, 0.2) is 11.6 Å². The summed E-state index contributed by atoms with van der Waals surface area (Å²) in [5.41, 5.74) is 5.84. The molecule has 78 valence electrons. The van der Waals surface area contributed by atoms with E-state index in [1.54, 1.807) is 18.5 Å². The number of rotatable bonds is 2. The second kappa shape index (κ2) is 4.23. The molecule has 0 aromatic carbocycles. The van der Waals surface area contributed by atoms with Crippen molar-refractivity contribution in [1.29, 1.82) is 0 Å². The number of pyridine rings is 1. The van der Waals surface area contributed by atoms with Crippen molar-refractivity contribution in [3.63, 3.8) is 0 Å². The minimum atomic E-state index is -0.417. The lowest BCUT2D eigenvalue weighted by Gasteiger charge is -2.04. The normalized spacial score (nSPS) is 10.6. The highest BCUT2D eigenvalue weighted by atomic mass is 127. The van der Waals surface area contributed by atoms with Gasteiger partial charge in [0.05, 0.1) is 9.77 Å². The molecule has 0 bridgehead atoms. The van der Waals surface area contributed by atoms with Gasteiger partial charge in [0, 0.05) is 24.5 Å². The lowest BCUT2D eigenvalue weighted by molar-refractivity contribution is 0.585. The molecular weight excluding hydrogens is 310 g/mol. The summed E-state index contributed by atoms with van der Waals surface area (Å²) in [5, 5.41) is 3.99. The Hall–Kier alpha value is -1.02. The van der Waals surface area contributed by atoms with Gasteiger partial charge in [-0.15, -0.1) is 0 Å². The lowest BCUT2D eigenvalue weighted by Crippen LogP contribution is -2.07. The third-order valence-corrected chi connectivity index (χ3v) is 2.50. The van der Waals surface area contributed by atoms with E-state index >= 15 is 0 Å². The Morgan fingerprint density at radius 2 is 2.33 bits per heavy atom. The van der Waals surface area contributed by atoms with Crippen molar-refractivity contribution in [3.05, 3.63) is 39.6 Å². The van der Waals surface area contributed by atoms with Crippen LogP contribution in [-0.2, 0) is 6.54 Å². The van der Waals surface area contributed by atoms with Crippen LogP contribution in [-0.4, -0.2) is 14.8 Å². The number of nitrogens with zero attached hydrogens (tertiary/aromatic N) is 3. The Bertz CT molecular complexity index is 483. The first-order valence-corrected chi connectivity index (χ1v) is 5.34. The molecule has 2 N–H and O–H groups in total. The molecule has 0 fully saturated rings. The number of hydrogen-bond acceptors (Lipinski definition) is 3. The van der Waals surface area contributed by atoms with Crippen LogP contribution in [0, 0.1) is 9.39 Å². The highest BCUT2D eigenvalue weighted by Gasteiger charge is 2.10. The van der Waals surface area contributed by atoms with Crippen molar-refractivity contribution in [2.75, 3.05) is 0 Å². The van der Waals surface area contributed by atoms with Crippen LogP contribution in [0.15, 0.2) is 24.7 Å². The molecule has 15 heavy (non-hydrogen) atoms. The molecule has 0 saturated carbocycles. The fraction of sp³-hybridized carbons (Fsp3) is 0.111. The van der Waals surface area contributed by atoms with Gasteiger partial charge < -0.3 is 5.73 Å². The smallest absolute Gasteiger partial charge is 0.190 e. The molecule has 4 nitrogen and oxygen atoms in total. The maximum atomic E-state index is 13.8. The van der Waals surface area contributed by atoms with Gasteiger partial charge in [0.2, 0.25) is 0 Å². The van der Waals surface area contributed by atoms with Gasteiger partial charge in [-0.05, 0) is 28.7 Å². The fourth-order valence-corrected chi connectivity index (χ4v) is 1.59. The third-order valence-electron chi connectivity index (χ3n) is 1.94. The quantitative estimate of drug-likeness (QED) is 0.853. The van der Waals surface area contributed by atoms with Gasteiger partial charge >= 0.3 is 0 Å². The van der Waals surface area contributed by atoms with Gasteiger partial charge in [0.25, 0.3) is 0 Å². The van der Waals surface area contributed by atoms with E-state index in [2.05, 4.69) is 32.7 Å². The zero-order valence-electron chi connectivity index (χ0n) is 7.69. The molecule has 0 aliphatic heterocycles. The third kappa shape index (κ3) is 2.00. The maximum Gasteiger partial charge on any atom is 0.190 e. The second-order valence-electron chi connectivity index (χ2n) is 2.91. The first-order valence-electron chi connectivity index (χ1n) is 4.26. The minimum Gasteiger partial charge on any atom is -0.326 e. The highest BCUT2D eigenvalue weighted by Crippen LogP contribution is 2.14. The Morgan fingerprint density at radius 1 is 1.53 bits per heavy atom. The summed E-state index contributed by atoms with van der Waals surface area (Å²) in [4.78, 5) is 3.94. The summed E-state index contributed by atoms with van der Waals surface area (Å²) >= 11 is 2.10. The number of halogens is 2. The van der Waals surface area contributed by atoms with Crippen LogP contribution < -0.4 is 5.73 Å². The Labute approximate surface area is 99.4 Å². The standard InChI is InChI=1S/C9H8FIN4/c10-8-6(3-12)1-2-13-9(8)15-5-7(11)4-14-15/h1-2,4-5H,3,12H2. The van der Waals surface area contributed by atoms with Crippen molar-refractivity contribution in [3.8, 4) is 5.82 Å². The number of nitrogens with two attached hydrogens (primary N) is 1. The van der Waals surface area contributed by atoms with Gasteiger partial charge in [-0.25, -0.2) is 14.1 Å². The number of aromatic nitrogens is 3. The SMILES string of the molecule is NCc1ccnc(-n2cc(I)cn2)c1F. The molecule has 2 rings (SSSR count). The predicted octanol–water partition coefficient (Wildman–Crippen LogP) is 1.47. The summed E-state index contributed by atoms with van der Waals surface area (Å²) < 4.78 is 16.1. The molecular formula is C9H8FIN4. The molecule has 2 aromatic rings. The van der Waals surface area contributed by atoms with Crippen molar-refractivity contribution in [2.45, 2.75) is 6.54 Å². The molecule has 0 aliphatic carbocycles. The van der Waals surface area contributed by atoms with Gasteiger partial charge in [0.1, 0.15) is 0 Å². The Balaban J connectivity index is 2.53. The average Bonchev–Trinajstić information content (AvgIpc) is 2.65. The van der Waals surface area contributed by atoms with Gasteiger partial charge in [-0.3, -0.25) is 0 Å². The van der Waals surface area contributed by atoms with E-state index in [0.717, 1.165) is 3.57 Å². The van der Waals surface area contributed by atoms with Crippen LogP contribution in [0.5, 0.6) is 0 Å². The van der Waals surface area contributed by atoms with E-state index in [9.17, 15) is 4.39 Å². The molecule has 0 spiro atoms. The van der Waals surface area contributed by atoms with Crippen LogP contribution >= 0.6 is 22.6 Å². The van der Waals surface area contributed by atoms with Gasteiger partial charge in [-0.2, -0.15) is 5.10 Å². The molecule has 2 heterocycles. The Morgan fingerprint density at radius 3 is 2.93 bits per heavy atom. The second-order valence-corrected chi connectivity index (χ2v) is 4.16. The van der Waals surface area contributed by atoms with E-state index in [1.165, 1.54) is 10.9 Å². The summed E-state index contributed by atoms with van der Waals surface area (Å²) in [6, 6.07) is 1.56. The van der Waals surface area contributed by atoms with Crippen LogP contribution in [0.25, 0.3) is 5.82 Å². The number of hydrogen-bond donors (Lipinski definition) is 1. The minimum absolute atomic E-state index is 0.152. The molecule has 0 amide bonds. The summed E-state index contributed by atoms with van der Waals surface area (Å²) in [5.74, 6) is -0.236. The van der Waals surface area contributed by atoms with E-state index in [1.807, 2.05) is 0 Å². The van der Waals surface area contributed by atoms with E-state index in [-0.39, 0.29) is 12.4 Å². The topological polar surface area (TPSA) is 56.7 Å². The maximum absolute atomic E-state index is 13.8. The van der Waals surface area contributed by atoms with Crippen molar-refractivity contribution < 1.29 is 4.39 Å². The molecule has 0 aliphatic rings. The molecule has 0 unspecified atom stereocenters. The zero-order chi connectivity index (χ0) is 10.8. The van der Waals surface area contributed by atoms with E-state index in [4.69, 9.17) is 5.73 Å². The summed E-state index contributed by atoms with van der Waals surface area (Å²) in [6.45, 7) is 0.152. The lowest BCUT2D eigenvalue weighted by atomic mass is 10.2. The Kier molecular flexibility index (Phi) is 2.96. The highest BCUT2D eigenvalue weighted by molar-refractivity contribution is 14.1. The van der Waals surface area contributed by atoms with E-state index in [0.29, 0.717) is 5.56 Å². The molecule has 2 aromatic heterocycles. The fourth-order valence-electron chi connectivity index (χ4n) is 1.21. The molecule has 6 heteroatoms. The van der Waals surface area contributed by atoms with Gasteiger partial charge in [-0.1, -0.05) is 0 Å². The van der Waals surface area contributed by atoms with Crippen molar-refractivity contribution >= 4 is 22.6 Å². The molecule has 0 saturated heterocycles. The van der Waals surface area contributed by atoms with Crippen LogP contribution in [0.4, 0.5) is 4.39 Å². The first-order chi connectivity index (χ1) is 7.22. The average molecular weight is 318 g/mol. The van der Waals surface area contributed by atoms with Crippen molar-refractivity contribution in [1.82, 2.24) is 14.8 Å². The molecule has 0 atom stereocenters. The predicted molar refractivity (Wildman–Crippen MR) is 61.9 cm³/mol. The van der Waals surface area contributed by atoms with Crippen LogP contribution in [0.2, 0.25) is 0 Å². The summed E-state index contributed by atoms with van der Waals surface area (Å²) in [7, 11) is 0. The van der Waals surface area contributed by atoms with Crippen LogP contribution in [0.3, 0.4) is 0 Å². The van der Waals surface area contributed by atoms with E-state index < -0.39 is 5.82 Å².